The summed E-state index contributed by atoms with van der Waals surface area (Å²) in [5.74, 6) is 0. The Bertz CT molecular complexity index is 1320. The maximum absolute atomic E-state index is 12.8. The van der Waals surface area contributed by atoms with Gasteiger partial charge in [-0.15, -0.1) is 0 Å². The Morgan fingerprint density at radius 2 is 1.68 bits per heavy atom. The second-order valence-corrected chi connectivity index (χ2v) is 10.8. The van der Waals surface area contributed by atoms with Crippen LogP contribution in [0.1, 0.15) is 58.5 Å². The third-order valence-electron chi connectivity index (χ3n) is 6.00. The number of urea groups is 1. The molecule has 2 N–H and O–H groups in total. The van der Waals surface area contributed by atoms with Crippen molar-refractivity contribution in [2.45, 2.75) is 58.9 Å². The van der Waals surface area contributed by atoms with Gasteiger partial charge in [-0.3, -0.25) is 4.68 Å². The number of benzene rings is 2. The highest BCUT2D eigenvalue weighted by Crippen LogP contribution is 2.27. The number of nitrogens with one attached hydrogen (secondary N) is 2. The van der Waals surface area contributed by atoms with Crippen molar-refractivity contribution < 1.29 is 4.79 Å². The van der Waals surface area contributed by atoms with E-state index in [4.69, 9.17) is 5.10 Å². The van der Waals surface area contributed by atoms with Crippen LogP contribution in [0.3, 0.4) is 0 Å². The Morgan fingerprint density at radius 3 is 2.32 bits per heavy atom. The minimum Gasteiger partial charge on any atom is -0.332 e. The second kappa shape index (κ2) is 8.63. The molecule has 0 radical (unpaired) electrons. The maximum atomic E-state index is 12.8. The van der Waals surface area contributed by atoms with E-state index in [1.165, 1.54) is 5.56 Å². The van der Waals surface area contributed by atoms with Crippen LogP contribution in [-0.4, -0.2) is 25.6 Å². The second-order valence-electron chi connectivity index (χ2n) is 10.8. The number of hydrogen-bond acceptors (Lipinski definition) is 3. The van der Waals surface area contributed by atoms with E-state index in [1.807, 2.05) is 29.9 Å². The first-order valence-corrected chi connectivity index (χ1v) is 11.6. The number of nitrogens with zero attached hydrogens (tertiary/aromatic N) is 4. The normalized spacial score (nSPS) is 12.2. The molecule has 34 heavy (non-hydrogen) atoms. The SMILES string of the molecule is Cn1ncc2c(NC(=O)NCc3cc(C(C)(C)C)nn3-c3ccc(C(C)(C)C)cc3)cccc21. The molecular formula is C27H34N6O. The number of fused-ring (bicyclic) bond motifs is 1. The molecule has 0 unspecified atom stereocenters. The molecule has 0 saturated heterocycles. The highest BCUT2D eigenvalue weighted by atomic mass is 16.2. The van der Waals surface area contributed by atoms with Crippen molar-refractivity contribution in [1.82, 2.24) is 24.9 Å². The number of carbonyl (C=O) groups excluding carboxylic acids is 1. The molecule has 2 aromatic carbocycles. The summed E-state index contributed by atoms with van der Waals surface area (Å²) >= 11 is 0. The number of rotatable bonds is 4. The van der Waals surface area contributed by atoms with E-state index in [0.717, 1.165) is 33.7 Å². The summed E-state index contributed by atoms with van der Waals surface area (Å²) in [6.07, 6.45) is 1.76. The van der Waals surface area contributed by atoms with Gasteiger partial charge in [0.1, 0.15) is 0 Å². The minimum atomic E-state index is -0.274. The van der Waals surface area contributed by atoms with Gasteiger partial charge in [-0.1, -0.05) is 59.7 Å². The molecule has 4 aromatic rings. The zero-order valence-corrected chi connectivity index (χ0v) is 21.1. The predicted molar refractivity (Wildman–Crippen MR) is 138 cm³/mol. The van der Waals surface area contributed by atoms with E-state index < -0.39 is 0 Å². The lowest BCUT2D eigenvalue weighted by atomic mass is 9.87. The van der Waals surface area contributed by atoms with Crippen LogP contribution in [0.5, 0.6) is 0 Å². The fourth-order valence-corrected chi connectivity index (χ4v) is 3.86. The molecule has 7 heteroatoms. The van der Waals surface area contributed by atoms with E-state index in [0.29, 0.717) is 6.54 Å². The molecule has 0 fully saturated rings. The molecule has 0 atom stereocenters. The van der Waals surface area contributed by atoms with E-state index in [9.17, 15) is 4.79 Å². The average Bonchev–Trinajstić information content (AvgIpc) is 3.37. The highest BCUT2D eigenvalue weighted by Gasteiger charge is 2.21. The third kappa shape index (κ3) is 4.83. The van der Waals surface area contributed by atoms with Crippen molar-refractivity contribution in [3.63, 3.8) is 0 Å². The van der Waals surface area contributed by atoms with Crippen molar-refractivity contribution in [2.75, 3.05) is 5.32 Å². The number of carbonyl (C=O) groups is 1. The molecule has 0 spiro atoms. The number of aromatic nitrogens is 4. The van der Waals surface area contributed by atoms with Crippen LogP contribution < -0.4 is 10.6 Å². The summed E-state index contributed by atoms with van der Waals surface area (Å²) in [5.41, 5.74) is 5.80. The van der Waals surface area contributed by atoms with E-state index in [1.54, 1.807) is 10.9 Å². The van der Waals surface area contributed by atoms with Crippen LogP contribution in [0.2, 0.25) is 0 Å². The van der Waals surface area contributed by atoms with E-state index in [2.05, 4.69) is 87.6 Å². The lowest BCUT2D eigenvalue weighted by Gasteiger charge is -2.19. The van der Waals surface area contributed by atoms with Gasteiger partial charge in [-0.2, -0.15) is 10.2 Å². The quantitative estimate of drug-likeness (QED) is 0.413. The molecular weight excluding hydrogens is 424 g/mol. The lowest BCUT2D eigenvalue weighted by Crippen LogP contribution is -2.29. The van der Waals surface area contributed by atoms with Crippen LogP contribution in [-0.2, 0) is 24.4 Å². The van der Waals surface area contributed by atoms with Gasteiger partial charge < -0.3 is 10.6 Å². The summed E-state index contributed by atoms with van der Waals surface area (Å²) < 4.78 is 3.71. The van der Waals surface area contributed by atoms with Gasteiger partial charge in [0, 0.05) is 17.8 Å². The summed E-state index contributed by atoms with van der Waals surface area (Å²) in [6, 6.07) is 16.0. The van der Waals surface area contributed by atoms with Gasteiger partial charge in [0.15, 0.2) is 0 Å². The number of hydrogen-bond donors (Lipinski definition) is 2. The van der Waals surface area contributed by atoms with Gasteiger partial charge in [-0.25, -0.2) is 9.48 Å². The number of aryl methyl sites for hydroxylation is 1. The van der Waals surface area contributed by atoms with Crippen molar-refractivity contribution >= 4 is 22.6 Å². The van der Waals surface area contributed by atoms with Gasteiger partial charge in [0.05, 0.1) is 41.0 Å². The Kier molecular flexibility index (Phi) is 5.98. The topological polar surface area (TPSA) is 76.8 Å². The minimum absolute atomic E-state index is 0.0822. The Balaban J connectivity index is 1.56. The summed E-state index contributed by atoms with van der Waals surface area (Å²) in [6.45, 7) is 13.4. The van der Waals surface area contributed by atoms with Crippen molar-refractivity contribution in [1.29, 1.82) is 0 Å². The predicted octanol–water partition coefficient (Wildman–Crippen LogP) is 5.68. The van der Waals surface area contributed by atoms with Gasteiger partial charge in [-0.05, 0) is 41.3 Å². The molecule has 2 heterocycles. The molecule has 0 saturated carbocycles. The summed E-state index contributed by atoms with van der Waals surface area (Å²) in [5, 5.41) is 16.0. The fourth-order valence-electron chi connectivity index (χ4n) is 3.86. The zero-order chi connectivity index (χ0) is 24.7. The first-order valence-electron chi connectivity index (χ1n) is 11.6. The third-order valence-corrected chi connectivity index (χ3v) is 6.00. The highest BCUT2D eigenvalue weighted by molar-refractivity contribution is 6.00. The first kappa shape index (κ1) is 23.5. The molecule has 0 aliphatic rings. The number of amides is 2. The molecule has 2 amide bonds. The molecule has 0 aliphatic carbocycles. The monoisotopic (exact) mass is 458 g/mol. The van der Waals surface area contributed by atoms with Crippen LogP contribution in [0, 0.1) is 0 Å². The lowest BCUT2D eigenvalue weighted by molar-refractivity contribution is 0.251. The maximum Gasteiger partial charge on any atom is 0.319 e. The summed E-state index contributed by atoms with van der Waals surface area (Å²) in [7, 11) is 1.88. The standard InChI is InChI=1S/C27H34N6O/c1-26(2,3)18-11-13-19(14-12-18)33-20(15-24(31-33)27(4,5)6)16-28-25(34)30-22-9-8-10-23-21(22)17-29-32(23)7/h8-15,17H,16H2,1-7H3,(H2,28,30,34). The van der Waals surface area contributed by atoms with Crippen LogP contribution in [0.25, 0.3) is 16.6 Å². The first-order chi connectivity index (χ1) is 15.9. The number of anilines is 1. The molecule has 7 nitrogen and oxygen atoms in total. The van der Waals surface area contributed by atoms with Crippen LogP contribution in [0.15, 0.2) is 54.7 Å². The van der Waals surface area contributed by atoms with Crippen molar-refractivity contribution in [3.8, 4) is 5.69 Å². The Morgan fingerprint density at radius 1 is 0.971 bits per heavy atom. The largest absolute Gasteiger partial charge is 0.332 e. The zero-order valence-electron chi connectivity index (χ0n) is 21.1. The summed E-state index contributed by atoms with van der Waals surface area (Å²) in [4.78, 5) is 12.8. The van der Waals surface area contributed by atoms with E-state index in [-0.39, 0.29) is 16.9 Å². The Labute approximate surface area is 201 Å². The van der Waals surface area contributed by atoms with Crippen LogP contribution >= 0.6 is 0 Å². The van der Waals surface area contributed by atoms with Gasteiger partial charge in [0.2, 0.25) is 0 Å². The van der Waals surface area contributed by atoms with Crippen molar-refractivity contribution in [2.24, 2.45) is 7.05 Å². The fraction of sp³-hybridized carbons (Fsp3) is 0.370. The molecule has 0 aliphatic heterocycles. The van der Waals surface area contributed by atoms with E-state index >= 15 is 0 Å². The van der Waals surface area contributed by atoms with Crippen molar-refractivity contribution in [3.05, 3.63) is 71.7 Å². The molecule has 0 bridgehead atoms. The Hall–Kier alpha value is -3.61. The van der Waals surface area contributed by atoms with Gasteiger partial charge in [0.25, 0.3) is 0 Å². The van der Waals surface area contributed by atoms with Crippen LogP contribution in [0.4, 0.5) is 10.5 Å². The average molecular weight is 459 g/mol. The smallest absolute Gasteiger partial charge is 0.319 e. The molecule has 2 aromatic heterocycles. The molecule has 178 valence electrons. The van der Waals surface area contributed by atoms with Gasteiger partial charge >= 0.3 is 6.03 Å². The molecule has 4 rings (SSSR count).